The summed E-state index contributed by atoms with van der Waals surface area (Å²) in [5.41, 5.74) is 2.59. The Balaban J connectivity index is 1.26. The molecule has 2 aromatic heterocycles. The van der Waals surface area contributed by atoms with E-state index in [1.165, 1.54) is 17.7 Å². The smallest absolute Gasteiger partial charge is 0.227 e. The molecule has 1 aliphatic carbocycles. The van der Waals surface area contributed by atoms with Crippen molar-refractivity contribution in [2.24, 2.45) is 0 Å². The summed E-state index contributed by atoms with van der Waals surface area (Å²) in [7, 11) is 0. The van der Waals surface area contributed by atoms with Crippen molar-refractivity contribution in [3.63, 3.8) is 0 Å². The molecule has 2 saturated heterocycles. The number of nitrogens with one attached hydrogen (secondary N) is 1. The number of anilines is 3. The Bertz CT molecular complexity index is 808. The second-order valence-electron chi connectivity index (χ2n) is 7.39. The molecule has 5 rings (SSSR count). The molecule has 4 heterocycles. The maximum Gasteiger partial charge on any atom is 0.227 e. The van der Waals surface area contributed by atoms with Crippen LogP contribution in [0.4, 0.5) is 17.6 Å². The summed E-state index contributed by atoms with van der Waals surface area (Å²) in [5, 5.41) is 3.59. The quantitative estimate of drug-likeness (QED) is 0.866. The van der Waals surface area contributed by atoms with Gasteiger partial charge in [-0.15, -0.1) is 0 Å². The number of nitrogens with zero attached hydrogens (tertiary/aromatic N) is 6. The molecule has 2 fully saturated rings. The molecule has 0 spiro atoms. The minimum absolute atomic E-state index is 0.365. The molecule has 1 unspecified atom stereocenters. The van der Waals surface area contributed by atoms with Gasteiger partial charge in [-0.1, -0.05) is 0 Å². The van der Waals surface area contributed by atoms with Crippen molar-refractivity contribution in [3.8, 4) is 0 Å². The Morgan fingerprint density at radius 2 is 1.96 bits per heavy atom. The number of aromatic nitrogens is 4. The third-order valence-corrected chi connectivity index (χ3v) is 5.63. The van der Waals surface area contributed by atoms with Gasteiger partial charge in [-0.05, 0) is 31.7 Å². The normalized spacial score (nSPS) is 22.1. The molecular formula is C19H25N7O. The number of hydrogen-bond donors (Lipinski definition) is 1. The van der Waals surface area contributed by atoms with Gasteiger partial charge in [0.2, 0.25) is 5.95 Å². The first kappa shape index (κ1) is 16.7. The predicted octanol–water partition coefficient (Wildman–Crippen LogP) is 1.28. The van der Waals surface area contributed by atoms with Crippen LogP contribution < -0.4 is 15.1 Å². The van der Waals surface area contributed by atoms with E-state index in [-0.39, 0.29) is 0 Å². The minimum Gasteiger partial charge on any atom is -0.378 e. The van der Waals surface area contributed by atoms with Crippen molar-refractivity contribution in [1.82, 2.24) is 19.9 Å². The molecule has 0 radical (unpaired) electrons. The average Bonchev–Trinajstić information content (AvgIpc) is 3.38. The van der Waals surface area contributed by atoms with Crippen molar-refractivity contribution >= 4 is 17.6 Å². The molecule has 2 aliphatic heterocycles. The largest absolute Gasteiger partial charge is 0.378 e. The van der Waals surface area contributed by atoms with Crippen LogP contribution >= 0.6 is 0 Å². The van der Waals surface area contributed by atoms with E-state index in [2.05, 4.69) is 30.1 Å². The van der Waals surface area contributed by atoms with Crippen molar-refractivity contribution in [2.45, 2.75) is 31.7 Å². The van der Waals surface area contributed by atoms with E-state index in [4.69, 9.17) is 9.72 Å². The van der Waals surface area contributed by atoms with Crippen LogP contribution in [0, 0.1) is 0 Å². The number of fused-ring (bicyclic) bond motifs is 1. The lowest BCUT2D eigenvalue weighted by Crippen LogP contribution is -2.37. The summed E-state index contributed by atoms with van der Waals surface area (Å²) in [6.45, 7) is 5.13. The fourth-order valence-corrected chi connectivity index (χ4v) is 4.24. The van der Waals surface area contributed by atoms with Crippen molar-refractivity contribution in [2.75, 3.05) is 54.5 Å². The molecule has 0 saturated carbocycles. The van der Waals surface area contributed by atoms with Crippen molar-refractivity contribution < 1.29 is 4.74 Å². The Morgan fingerprint density at radius 1 is 1.04 bits per heavy atom. The van der Waals surface area contributed by atoms with Crippen LogP contribution in [0.3, 0.4) is 0 Å². The van der Waals surface area contributed by atoms with Gasteiger partial charge in [0.25, 0.3) is 0 Å². The summed E-state index contributed by atoms with van der Waals surface area (Å²) in [5.74, 6) is 2.82. The molecule has 0 amide bonds. The van der Waals surface area contributed by atoms with Crippen LogP contribution in [0.1, 0.15) is 24.1 Å². The van der Waals surface area contributed by atoms with Crippen LogP contribution in [0.2, 0.25) is 0 Å². The van der Waals surface area contributed by atoms with Gasteiger partial charge in [0, 0.05) is 49.7 Å². The third kappa shape index (κ3) is 3.41. The molecule has 8 heteroatoms. The molecule has 142 valence electrons. The molecule has 2 aromatic rings. The summed E-state index contributed by atoms with van der Waals surface area (Å²) in [4.78, 5) is 22.8. The topological polar surface area (TPSA) is 79.3 Å². The molecule has 1 atom stereocenters. The number of aryl methyl sites for hydroxylation is 1. The Labute approximate surface area is 159 Å². The van der Waals surface area contributed by atoms with Crippen LogP contribution in [0.25, 0.3) is 0 Å². The van der Waals surface area contributed by atoms with Gasteiger partial charge in [-0.25, -0.2) is 15.0 Å². The highest BCUT2D eigenvalue weighted by molar-refractivity contribution is 5.52. The number of morpholine rings is 1. The van der Waals surface area contributed by atoms with Gasteiger partial charge in [-0.2, -0.15) is 4.98 Å². The predicted molar refractivity (Wildman–Crippen MR) is 103 cm³/mol. The average molecular weight is 367 g/mol. The molecule has 0 aromatic carbocycles. The van der Waals surface area contributed by atoms with E-state index in [1.54, 1.807) is 6.33 Å². The molecule has 0 bridgehead atoms. The van der Waals surface area contributed by atoms with E-state index in [0.717, 1.165) is 76.2 Å². The monoisotopic (exact) mass is 367 g/mol. The van der Waals surface area contributed by atoms with E-state index in [1.807, 2.05) is 12.3 Å². The van der Waals surface area contributed by atoms with E-state index in [9.17, 15) is 0 Å². The van der Waals surface area contributed by atoms with Gasteiger partial charge < -0.3 is 19.9 Å². The lowest BCUT2D eigenvalue weighted by Gasteiger charge is -2.27. The Morgan fingerprint density at radius 3 is 2.89 bits per heavy atom. The van der Waals surface area contributed by atoms with E-state index in [0.29, 0.717) is 6.04 Å². The lowest BCUT2D eigenvalue weighted by molar-refractivity contribution is 0.122. The van der Waals surface area contributed by atoms with Crippen LogP contribution in [-0.2, 0) is 17.6 Å². The second-order valence-corrected chi connectivity index (χ2v) is 7.39. The zero-order valence-electron chi connectivity index (χ0n) is 15.5. The third-order valence-electron chi connectivity index (χ3n) is 5.63. The van der Waals surface area contributed by atoms with Gasteiger partial charge >= 0.3 is 0 Å². The second kappa shape index (κ2) is 7.26. The van der Waals surface area contributed by atoms with Crippen LogP contribution in [0.5, 0.6) is 0 Å². The van der Waals surface area contributed by atoms with Crippen LogP contribution in [0.15, 0.2) is 18.6 Å². The first-order valence-corrected chi connectivity index (χ1v) is 9.87. The fourth-order valence-electron chi connectivity index (χ4n) is 4.24. The first-order valence-electron chi connectivity index (χ1n) is 9.87. The maximum atomic E-state index is 5.42. The summed E-state index contributed by atoms with van der Waals surface area (Å²) < 4.78 is 5.42. The molecule has 27 heavy (non-hydrogen) atoms. The highest BCUT2D eigenvalue weighted by Gasteiger charge is 2.28. The van der Waals surface area contributed by atoms with Crippen molar-refractivity contribution in [3.05, 3.63) is 29.8 Å². The highest BCUT2D eigenvalue weighted by Crippen LogP contribution is 2.30. The number of rotatable bonds is 4. The minimum atomic E-state index is 0.365. The summed E-state index contributed by atoms with van der Waals surface area (Å²) in [6, 6.07) is 2.32. The van der Waals surface area contributed by atoms with E-state index < -0.39 is 0 Å². The lowest BCUT2D eigenvalue weighted by atomic mass is 10.2. The first-order chi connectivity index (χ1) is 13.4. The van der Waals surface area contributed by atoms with Gasteiger partial charge in [0.15, 0.2) is 0 Å². The highest BCUT2D eigenvalue weighted by atomic mass is 16.5. The zero-order valence-corrected chi connectivity index (χ0v) is 15.5. The van der Waals surface area contributed by atoms with Crippen molar-refractivity contribution in [1.29, 1.82) is 0 Å². The summed E-state index contributed by atoms with van der Waals surface area (Å²) in [6.07, 6.45) is 8.03. The SMILES string of the molecule is c1cc(NC2CCN(c3ncnc4c3CCC4)C2)nc(N2CCOCC2)n1. The Kier molecular flexibility index (Phi) is 4.49. The maximum absolute atomic E-state index is 5.42. The summed E-state index contributed by atoms with van der Waals surface area (Å²) >= 11 is 0. The Hall–Kier alpha value is -2.48. The molecule has 8 nitrogen and oxygen atoms in total. The molecule has 3 aliphatic rings. The zero-order chi connectivity index (χ0) is 18.1. The van der Waals surface area contributed by atoms with Gasteiger partial charge in [0.05, 0.1) is 13.2 Å². The van der Waals surface area contributed by atoms with Crippen LogP contribution in [-0.4, -0.2) is 65.4 Å². The fraction of sp³-hybridized carbons (Fsp3) is 0.579. The molecular weight excluding hydrogens is 342 g/mol. The van der Waals surface area contributed by atoms with Gasteiger partial charge in [-0.3, -0.25) is 0 Å². The van der Waals surface area contributed by atoms with Gasteiger partial charge in [0.1, 0.15) is 18.0 Å². The standard InChI is InChI=1S/C19H25N7O/c1-2-15-16(3-1)21-13-22-18(15)26-7-5-14(12-26)23-17-4-6-20-19(24-17)25-8-10-27-11-9-25/h4,6,13-14H,1-3,5,7-12H2,(H,20,23,24). The van der Waals surface area contributed by atoms with E-state index >= 15 is 0 Å². The molecule has 1 N–H and O–H groups in total. The number of hydrogen-bond acceptors (Lipinski definition) is 8. The number of ether oxygens (including phenoxy) is 1.